The highest BCUT2D eigenvalue weighted by Crippen LogP contribution is 2.14. The number of unbranched alkanes of at least 4 members (excludes halogenated alkanes) is 5. The molecule has 0 fully saturated rings. The molecule has 3 N–H and O–H groups in total. The van der Waals surface area contributed by atoms with E-state index in [2.05, 4.69) is 17.3 Å². The van der Waals surface area contributed by atoms with Crippen molar-refractivity contribution < 1.29 is 4.79 Å². The summed E-state index contributed by atoms with van der Waals surface area (Å²) in [5, 5.41) is 7.05. The minimum atomic E-state index is -0.130. The number of aromatic nitrogens is 2. The summed E-state index contributed by atoms with van der Waals surface area (Å²) >= 11 is 0. The molecule has 0 saturated carbocycles. The predicted molar refractivity (Wildman–Crippen MR) is 78.1 cm³/mol. The van der Waals surface area contributed by atoms with Gasteiger partial charge in [0.2, 0.25) is 0 Å². The average Bonchev–Trinajstić information content (AvgIpc) is 2.62. The number of aryl methyl sites for hydroxylation is 2. The van der Waals surface area contributed by atoms with Gasteiger partial charge in [-0.2, -0.15) is 5.10 Å². The number of carbonyl (C=O) groups excluding carboxylic acids is 1. The number of nitrogen functional groups attached to an aromatic ring is 1. The van der Waals surface area contributed by atoms with Crippen molar-refractivity contribution in [3.8, 4) is 0 Å². The Kier molecular flexibility index (Phi) is 6.39. The molecule has 1 aromatic rings. The lowest BCUT2D eigenvalue weighted by atomic mass is 10.1. The summed E-state index contributed by atoms with van der Waals surface area (Å²) in [5.41, 5.74) is 7.48. The highest BCUT2D eigenvalue weighted by Gasteiger charge is 2.16. The van der Waals surface area contributed by atoms with Crippen molar-refractivity contribution in [2.75, 3.05) is 12.3 Å². The molecule has 1 heterocycles. The topological polar surface area (TPSA) is 72.9 Å². The third-order valence-corrected chi connectivity index (χ3v) is 3.30. The molecule has 0 atom stereocenters. The third-order valence-electron chi connectivity index (χ3n) is 3.30. The zero-order valence-corrected chi connectivity index (χ0v) is 12.3. The average molecular weight is 266 g/mol. The Morgan fingerprint density at radius 3 is 2.47 bits per heavy atom. The molecule has 5 nitrogen and oxygen atoms in total. The number of hydrogen-bond acceptors (Lipinski definition) is 3. The van der Waals surface area contributed by atoms with E-state index in [-0.39, 0.29) is 5.91 Å². The van der Waals surface area contributed by atoms with Crippen LogP contribution in [0.4, 0.5) is 5.69 Å². The maximum atomic E-state index is 12.0. The van der Waals surface area contributed by atoms with E-state index in [1.54, 1.807) is 18.7 Å². The van der Waals surface area contributed by atoms with Gasteiger partial charge in [0.15, 0.2) is 0 Å². The van der Waals surface area contributed by atoms with Crippen LogP contribution in [0.15, 0.2) is 0 Å². The van der Waals surface area contributed by atoms with E-state index in [0.29, 0.717) is 23.6 Å². The summed E-state index contributed by atoms with van der Waals surface area (Å²) in [7, 11) is 1.74. The van der Waals surface area contributed by atoms with Gasteiger partial charge in [0.05, 0.1) is 11.4 Å². The minimum Gasteiger partial charge on any atom is -0.395 e. The molecule has 0 aliphatic heterocycles. The Morgan fingerprint density at radius 2 is 1.89 bits per heavy atom. The Hall–Kier alpha value is -1.52. The van der Waals surface area contributed by atoms with Crippen LogP contribution in [0.3, 0.4) is 0 Å². The lowest BCUT2D eigenvalue weighted by Crippen LogP contribution is -2.27. The lowest BCUT2D eigenvalue weighted by Gasteiger charge is -2.06. The number of hydrogen-bond donors (Lipinski definition) is 2. The summed E-state index contributed by atoms with van der Waals surface area (Å²) in [6.45, 7) is 4.72. The van der Waals surface area contributed by atoms with Crippen LogP contribution >= 0.6 is 0 Å². The molecule has 1 amide bonds. The maximum Gasteiger partial charge on any atom is 0.271 e. The summed E-state index contributed by atoms with van der Waals surface area (Å²) < 4.78 is 1.54. The number of nitrogens with two attached hydrogens (primary N) is 1. The van der Waals surface area contributed by atoms with Crippen LogP contribution in [-0.2, 0) is 7.05 Å². The van der Waals surface area contributed by atoms with Crippen molar-refractivity contribution in [1.82, 2.24) is 15.1 Å². The van der Waals surface area contributed by atoms with Crippen LogP contribution < -0.4 is 11.1 Å². The fraction of sp³-hybridized carbons (Fsp3) is 0.714. The molecule has 0 aliphatic carbocycles. The molecule has 0 aromatic carbocycles. The van der Waals surface area contributed by atoms with Gasteiger partial charge in [-0.3, -0.25) is 9.48 Å². The molecule has 5 heteroatoms. The van der Waals surface area contributed by atoms with Crippen LogP contribution in [0.5, 0.6) is 0 Å². The van der Waals surface area contributed by atoms with Gasteiger partial charge in [-0.25, -0.2) is 0 Å². The van der Waals surface area contributed by atoms with Crippen molar-refractivity contribution in [2.45, 2.75) is 52.4 Å². The Morgan fingerprint density at radius 1 is 1.26 bits per heavy atom. The maximum absolute atomic E-state index is 12.0. The smallest absolute Gasteiger partial charge is 0.271 e. The lowest BCUT2D eigenvalue weighted by molar-refractivity contribution is 0.0944. The molecule has 0 bridgehead atoms. The number of anilines is 1. The summed E-state index contributed by atoms with van der Waals surface area (Å²) in [4.78, 5) is 12.0. The van der Waals surface area contributed by atoms with E-state index < -0.39 is 0 Å². The van der Waals surface area contributed by atoms with Crippen LogP contribution in [0, 0.1) is 6.92 Å². The largest absolute Gasteiger partial charge is 0.395 e. The van der Waals surface area contributed by atoms with Crippen LogP contribution in [0.25, 0.3) is 0 Å². The molecule has 108 valence electrons. The highest BCUT2D eigenvalue weighted by molar-refractivity contribution is 5.97. The molecule has 0 aliphatic rings. The van der Waals surface area contributed by atoms with Gasteiger partial charge in [0, 0.05) is 13.6 Å². The van der Waals surface area contributed by atoms with Crippen molar-refractivity contribution in [2.24, 2.45) is 7.05 Å². The first kappa shape index (κ1) is 15.5. The fourth-order valence-electron chi connectivity index (χ4n) is 2.13. The number of rotatable bonds is 8. The fourth-order valence-corrected chi connectivity index (χ4v) is 2.13. The normalized spacial score (nSPS) is 10.7. The second-order valence-electron chi connectivity index (χ2n) is 4.99. The third kappa shape index (κ3) is 4.58. The van der Waals surface area contributed by atoms with E-state index in [0.717, 1.165) is 6.42 Å². The number of amides is 1. The van der Waals surface area contributed by atoms with Gasteiger partial charge in [-0.15, -0.1) is 0 Å². The van der Waals surface area contributed by atoms with Gasteiger partial charge >= 0.3 is 0 Å². The van der Waals surface area contributed by atoms with Gasteiger partial charge in [-0.1, -0.05) is 39.0 Å². The predicted octanol–water partition coefficient (Wildman–Crippen LogP) is 2.40. The monoisotopic (exact) mass is 266 g/mol. The van der Waals surface area contributed by atoms with Crippen molar-refractivity contribution in [3.05, 3.63) is 11.4 Å². The van der Waals surface area contributed by atoms with E-state index in [1.807, 2.05) is 0 Å². The first-order chi connectivity index (χ1) is 9.07. The minimum absolute atomic E-state index is 0.130. The second kappa shape index (κ2) is 7.81. The molecular weight excluding hydrogens is 240 g/mol. The Labute approximate surface area is 115 Å². The number of nitrogens with zero attached hydrogens (tertiary/aromatic N) is 2. The molecule has 1 rings (SSSR count). The van der Waals surface area contributed by atoms with Crippen molar-refractivity contribution in [3.63, 3.8) is 0 Å². The second-order valence-corrected chi connectivity index (χ2v) is 4.99. The van der Waals surface area contributed by atoms with Gasteiger partial charge in [-0.05, 0) is 13.3 Å². The summed E-state index contributed by atoms with van der Waals surface area (Å²) in [6, 6.07) is 0. The molecule has 0 spiro atoms. The Balaban J connectivity index is 2.28. The zero-order valence-electron chi connectivity index (χ0n) is 12.3. The molecule has 0 radical (unpaired) electrons. The number of carbonyl (C=O) groups is 1. The quantitative estimate of drug-likeness (QED) is 0.710. The summed E-state index contributed by atoms with van der Waals surface area (Å²) in [6.07, 6.45) is 7.29. The van der Waals surface area contributed by atoms with Gasteiger partial charge in [0.25, 0.3) is 5.91 Å². The first-order valence-corrected chi connectivity index (χ1v) is 7.15. The van der Waals surface area contributed by atoms with Crippen LogP contribution in [0.1, 0.15) is 61.6 Å². The Bertz CT molecular complexity index is 412. The zero-order chi connectivity index (χ0) is 14.3. The number of nitrogens with one attached hydrogen (secondary N) is 1. The van der Waals surface area contributed by atoms with Crippen LogP contribution in [0.2, 0.25) is 0 Å². The van der Waals surface area contributed by atoms with Crippen molar-refractivity contribution in [1.29, 1.82) is 0 Å². The molecule has 0 unspecified atom stereocenters. The van der Waals surface area contributed by atoms with Gasteiger partial charge < -0.3 is 11.1 Å². The highest BCUT2D eigenvalue weighted by atomic mass is 16.2. The van der Waals surface area contributed by atoms with Gasteiger partial charge in [0.1, 0.15) is 5.69 Å². The standard InChI is InChI=1S/C14H26N4O/c1-4-5-6-7-8-9-10-16-14(19)13-12(15)11(2)17-18(13)3/h4-10,15H2,1-3H3,(H,16,19). The SMILES string of the molecule is CCCCCCCCNC(=O)c1c(N)c(C)nn1C. The van der Waals surface area contributed by atoms with E-state index >= 15 is 0 Å². The van der Waals surface area contributed by atoms with E-state index in [9.17, 15) is 4.79 Å². The van der Waals surface area contributed by atoms with Crippen LogP contribution in [-0.4, -0.2) is 22.2 Å². The molecule has 19 heavy (non-hydrogen) atoms. The van der Waals surface area contributed by atoms with E-state index in [1.165, 1.54) is 32.1 Å². The van der Waals surface area contributed by atoms with Crippen molar-refractivity contribution >= 4 is 11.6 Å². The molecule has 0 saturated heterocycles. The first-order valence-electron chi connectivity index (χ1n) is 7.15. The molecule has 1 aromatic heterocycles. The summed E-state index contributed by atoms with van der Waals surface area (Å²) in [5.74, 6) is -0.130. The van der Waals surface area contributed by atoms with E-state index in [4.69, 9.17) is 5.73 Å². The molecular formula is C14H26N4O.